The molecule has 138 valence electrons. The minimum absolute atomic E-state index is 0.0825. The first-order chi connectivity index (χ1) is 12.5. The Morgan fingerprint density at radius 2 is 1.69 bits per heavy atom. The molecule has 1 atom stereocenters. The van der Waals surface area contributed by atoms with Gasteiger partial charge < -0.3 is 5.73 Å². The van der Waals surface area contributed by atoms with Crippen LogP contribution >= 0.6 is 0 Å². The van der Waals surface area contributed by atoms with Crippen LogP contribution in [-0.2, 0) is 32.5 Å². The van der Waals surface area contributed by atoms with E-state index in [9.17, 15) is 8.78 Å². The van der Waals surface area contributed by atoms with Gasteiger partial charge in [-0.15, -0.1) is 0 Å². The van der Waals surface area contributed by atoms with Crippen LogP contribution < -0.4 is 5.73 Å². The third kappa shape index (κ3) is 3.97. The van der Waals surface area contributed by atoms with Gasteiger partial charge in [-0.2, -0.15) is 0 Å². The highest BCUT2D eigenvalue weighted by molar-refractivity contribution is 5.34. The van der Waals surface area contributed by atoms with E-state index in [1.165, 1.54) is 22.3 Å². The monoisotopic (exact) mass is 356 g/mol. The molecule has 1 heterocycles. The summed E-state index contributed by atoms with van der Waals surface area (Å²) in [5.74, 6) is -2.78. The Bertz CT molecular complexity index is 770. The van der Waals surface area contributed by atoms with Crippen LogP contribution in [0.3, 0.4) is 0 Å². The van der Waals surface area contributed by atoms with E-state index in [1.54, 1.807) is 0 Å². The number of aryl methyl sites for hydroxylation is 1. The van der Waals surface area contributed by atoms with Gasteiger partial charge in [-0.25, -0.2) is 8.78 Å². The molecule has 2 aromatic carbocycles. The highest BCUT2D eigenvalue weighted by Crippen LogP contribution is 2.51. The molecule has 0 bridgehead atoms. The Kier molecular flexibility index (Phi) is 4.80. The molecule has 26 heavy (non-hydrogen) atoms. The summed E-state index contributed by atoms with van der Waals surface area (Å²) >= 11 is 0. The number of hydrogen-bond acceptors (Lipinski definition) is 2. The molecule has 1 aliphatic heterocycles. The van der Waals surface area contributed by atoms with Crippen molar-refractivity contribution in [3.63, 3.8) is 0 Å². The van der Waals surface area contributed by atoms with Gasteiger partial charge >= 0.3 is 0 Å². The van der Waals surface area contributed by atoms with E-state index in [4.69, 9.17) is 5.73 Å². The van der Waals surface area contributed by atoms with Gasteiger partial charge in [0.25, 0.3) is 5.92 Å². The molecule has 1 unspecified atom stereocenters. The van der Waals surface area contributed by atoms with Crippen molar-refractivity contribution in [2.75, 3.05) is 6.54 Å². The van der Waals surface area contributed by atoms with Crippen LogP contribution in [0, 0.1) is 5.92 Å². The largest absolute Gasteiger partial charge is 0.326 e. The maximum atomic E-state index is 13.0. The fourth-order valence-corrected chi connectivity index (χ4v) is 3.92. The molecule has 0 amide bonds. The van der Waals surface area contributed by atoms with E-state index in [1.807, 2.05) is 0 Å². The van der Waals surface area contributed by atoms with Crippen molar-refractivity contribution in [1.82, 2.24) is 4.90 Å². The normalized spacial score (nSPS) is 21.4. The van der Waals surface area contributed by atoms with Crippen molar-refractivity contribution in [3.05, 3.63) is 70.3 Å². The average Bonchev–Trinajstić information content (AvgIpc) is 3.27. The van der Waals surface area contributed by atoms with E-state index in [2.05, 4.69) is 47.4 Å². The fraction of sp³-hybridized carbons (Fsp3) is 0.455. The van der Waals surface area contributed by atoms with Gasteiger partial charge in [-0.1, -0.05) is 42.5 Å². The van der Waals surface area contributed by atoms with E-state index >= 15 is 0 Å². The molecule has 0 saturated heterocycles. The van der Waals surface area contributed by atoms with Crippen LogP contribution in [0.5, 0.6) is 0 Å². The summed E-state index contributed by atoms with van der Waals surface area (Å²) in [5.41, 5.74) is 12.1. The summed E-state index contributed by atoms with van der Waals surface area (Å²) in [6.07, 6.45) is 2.49. The zero-order chi connectivity index (χ0) is 18.1. The fourth-order valence-electron chi connectivity index (χ4n) is 3.92. The molecule has 2 aromatic rings. The summed E-state index contributed by atoms with van der Waals surface area (Å²) in [7, 11) is 0. The predicted octanol–water partition coefficient (Wildman–Crippen LogP) is 4.29. The van der Waals surface area contributed by atoms with Crippen LogP contribution in [0.1, 0.15) is 40.7 Å². The molecule has 4 rings (SSSR count). The van der Waals surface area contributed by atoms with E-state index < -0.39 is 5.92 Å². The molecule has 0 spiro atoms. The number of nitrogens with zero attached hydrogens (tertiary/aromatic N) is 1. The van der Waals surface area contributed by atoms with Crippen molar-refractivity contribution < 1.29 is 8.78 Å². The Morgan fingerprint density at radius 1 is 1.00 bits per heavy atom. The molecule has 2 aliphatic rings. The van der Waals surface area contributed by atoms with Gasteiger partial charge in [0.1, 0.15) is 0 Å². The summed E-state index contributed by atoms with van der Waals surface area (Å²) in [6.45, 7) is 3.52. The van der Waals surface area contributed by atoms with Crippen molar-refractivity contribution in [2.45, 2.75) is 51.2 Å². The van der Waals surface area contributed by atoms with Crippen LogP contribution in [0.15, 0.2) is 42.5 Å². The molecule has 2 nitrogen and oxygen atoms in total. The van der Waals surface area contributed by atoms with Crippen molar-refractivity contribution in [1.29, 1.82) is 0 Å². The quantitative estimate of drug-likeness (QED) is 0.836. The molecular weight excluding hydrogens is 330 g/mol. The first-order valence-corrected chi connectivity index (χ1v) is 9.52. The second-order valence-corrected chi connectivity index (χ2v) is 7.79. The average molecular weight is 356 g/mol. The van der Waals surface area contributed by atoms with Gasteiger partial charge in [0, 0.05) is 38.5 Å². The summed E-state index contributed by atoms with van der Waals surface area (Å²) in [5, 5.41) is 0. The van der Waals surface area contributed by atoms with Gasteiger partial charge in [-0.05, 0) is 47.1 Å². The summed E-state index contributed by atoms with van der Waals surface area (Å²) in [4.78, 5) is 2.46. The van der Waals surface area contributed by atoms with Gasteiger partial charge in [0.15, 0.2) is 0 Å². The van der Waals surface area contributed by atoms with Crippen LogP contribution in [0.4, 0.5) is 8.78 Å². The Balaban J connectivity index is 1.34. The molecule has 0 radical (unpaired) electrons. The number of alkyl halides is 2. The number of fused-ring (bicyclic) bond motifs is 1. The molecule has 4 heteroatoms. The maximum Gasteiger partial charge on any atom is 0.251 e. The van der Waals surface area contributed by atoms with Crippen molar-refractivity contribution in [2.24, 2.45) is 11.7 Å². The zero-order valence-electron chi connectivity index (χ0n) is 15.1. The summed E-state index contributed by atoms with van der Waals surface area (Å²) in [6, 6.07) is 15.1. The van der Waals surface area contributed by atoms with Crippen LogP contribution in [0.2, 0.25) is 0 Å². The van der Waals surface area contributed by atoms with Gasteiger partial charge in [-0.3, -0.25) is 4.90 Å². The van der Waals surface area contributed by atoms with Crippen molar-refractivity contribution >= 4 is 0 Å². The SMILES string of the molecule is NCc1ccc(CN2CCc3cc(CCC4CC4(F)F)ccc3C2)cc1. The lowest BCUT2D eigenvalue weighted by Gasteiger charge is -2.29. The number of benzene rings is 2. The Labute approximate surface area is 154 Å². The van der Waals surface area contributed by atoms with E-state index in [-0.39, 0.29) is 12.3 Å². The lowest BCUT2D eigenvalue weighted by atomic mass is 9.95. The minimum Gasteiger partial charge on any atom is -0.326 e. The zero-order valence-corrected chi connectivity index (χ0v) is 15.1. The number of nitrogens with two attached hydrogens (primary N) is 1. The second-order valence-electron chi connectivity index (χ2n) is 7.79. The smallest absolute Gasteiger partial charge is 0.251 e. The third-order valence-electron chi connectivity index (χ3n) is 5.76. The van der Waals surface area contributed by atoms with Gasteiger partial charge in [0.2, 0.25) is 0 Å². The van der Waals surface area contributed by atoms with Crippen LogP contribution in [-0.4, -0.2) is 17.4 Å². The first-order valence-electron chi connectivity index (χ1n) is 9.52. The van der Waals surface area contributed by atoms with Crippen molar-refractivity contribution in [3.8, 4) is 0 Å². The standard InChI is InChI=1S/C22H26F2N2/c23-22(24)12-21(22)8-6-16-5-7-20-15-26(10-9-19(20)11-16)14-18-3-1-17(13-25)2-4-18/h1-5,7,11,21H,6,8-10,12-15,25H2. The second kappa shape index (κ2) is 7.09. The molecule has 1 saturated carbocycles. The lowest BCUT2D eigenvalue weighted by Crippen LogP contribution is -2.30. The first kappa shape index (κ1) is 17.6. The Morgan fingerprint density at radius 3 is 2.38 bits per heavy atom. The van der Waals surface area contributed by atoms with Gasteiger partial charge in [0.05, 0.1) is 0 Å². The number of rotatable bonds is 6. The highest BCUT2D eigenvalue weighted by Gasteiger charge is 2.55. The minimum atomic E-state index is -2.39. The van der Waals surface area contributed by atoms with Crippen LogP contribution in [0.25, 0.3) is 0 Å². The predicted molar refractivity (Wildman–Crippen MR) is 100.0 cm³/mol. The third-order valence-corrected chi connectivity index (χ3v) is 5.76. The highest BCUT2D eigenvalue weighted by atomic mass is 19.3. The molecule has 1 aliphatic carbocycles. The van der Waals surface area contributed by atoms with E-state index in [0.29, 0.717) is 13.0 Å². The molecule has 0 aromatic heterocycles. The number of hydrogen-bond donors (Lipinski definition) is 1. The molecular formula is C22H26F2N2. The maximum absolute atomic E-state index is 13.0. The van der Waals surface area contributed by atoms with E-state index in [0.717, 1.165) is 38.0 Å². The number of halogens is 2. The molecule has 2 N–H and O–H groups in total. The molecule has 1 fully saturated rings. The lowest BCUT2D eigenvalue weighted by molar-refractivity contribution is 0.0971. The summed E-state index contributed by atoms with van der Waals surface area (Å²) < 4.78 is 26.1. The Hall–Kier alpha value is -1.78. The topological polar surface area (TPSA) is 29.3 Å².